The van der Waals surface area contributed by atoms with Gasteiger partial charge in [-0.1, -0.05) is 185 Å². The molecule has 75 heavy (non-hydrogen) atoms. The van der Waals surface area contributed by atoms with Gasteiger partial charge in [-0.3, -0.25) is 4.57 Å². The van der Waals surface area contributed by atoms with Crippen LogP contribution in [0.2, 0.25) is 0 Å². The number of benzene rings is 8. The largest absolute Gasteiger partial charge is 0.457 e. The summed E-state index contributed by atoms with van der Waals surface area (Å²) in [5.41, 5.74) is 22.2. The molecular formula is C70H68N4O. The molecule has 8 aromatic carbocycles. The smallest absolute Gasteiger partial charge is 0.137 e. The number of fused-ring (bicyclic) bond motifs is 7. The Hall–Kier alpha value is -7.89. The first-order valence-corrected chi connectivity index (χ1v) is 27.0. The fourth-order valence-electron chi connectivity index (χ4n) is 12.2. The van der Waals surface area contributed by atoms with Crippen LogP contribution in [-0.4, -0.2) is 16.2 Å². The van der Waals surface area contributed by atoms with Gasteiger partial charge >= 0.3 is 0 Å². The van der Waals surface area contributed by atoms with Crippen LogP contribution in [0.5, 0.6) is 11.5 Å². The van der Waals surface area contributed by atoms with Crippen LogP contribution in [-0.2, 0) is 10.8 Å². The van der Waals surface area contributed by atoms with Crippen molar-refractivity contribution in [2.24, 2.45) is 0 Å². The third-order valence-electron chi connectivity index (χ3n) is 16.2. The van der Waals surface area contributed by atoms with E-state index >= 15 is 0 Å². The lowest BCUT2D eigenvalue weighted by Crippen LogP contribution is -2.25. The summed E-state index contributed by atoms with van der Waals surface area (Å²) in [4.78, 5) is 10.1. The fraction of sp³-hybridized carbons (Fsp3) is 0.243. The number of hydrogen-bond acceptors (Lipinski definition) is 4. The fourth-order valence-corrected chi connectivity index (χ4v) is 12.2. The van der Waals surface area contributed by atoms with Gasteiger partial charge in [-0.25, -0.2) is 4.98 Å². The number of anilines is 4. The van der Waals surface area contributed by atoms with Gasteiger partial charge < -0.3 is 14.5 Å². The summed E-state index contributed by atoms with van der Waals surface area (Å²) in [6.45, 7) is 26.1. The second-order valence-corrected chi connectivity index (χ2v) is 23.4. The molecule has 0 bridgehead atoms. The Bertz CT molecular complexity index is 3820. The number of hydrogen-bond donors (Lipinski definition) is 0. The third-order valence-corrected chi connectivity index (χ3v) is 16.2. The summed E-state index contributed by atoms with van der Waals surface area (Å²) in [6.07, 6.45) is 1.94. The minimum Gasteiger partial charge on any atom is -0.457 e. The molecule has 10 aromatic rings. The van der Waals surface area contributed by atoms with Crippen molar-refractivity contribution in [1.29, 1.82) is 0 Å². The van der Waals surface area contributed by atoms with E-state index in [1.807, 2.05) is 6.20 Å². The number of para-hydroxylation sites is 3. The molecule has 1 aliphatic carbocycles. The van der Waals surface area contributed by atoms with E-state index in [2.05, 4.69) is 266 Å². The van der Waals surface area contributed by atoms with Crippen molar-refractivity contribution in [3.05, 3.63) is 216 Å². The molecule has 1 aliphatic heterocycles. The summed E-state index contributed by atoms with van der Waals surface area (Å²) in [5, 5.41) is 2.34. The molecule has 12 rings (SSSR count). The minimum atomic E-state index is -0.160. The zero-order valence-corrected chi connectivity index (χ0v) is 45.5. The SMILES string of the molecule is CC(C)c1cc(C(C)C)c(-c2cc(Oc3ccc4c5ccccc5n(-c5cc(C(C)(C)C)ccn5)c4c3)cc(N3CN(c4c(-c5ccccc5)ccc5c4-c4ccccc4C5(C)C)c4ccccc43)c2)c(C(C)C)c1. The number of pyridine rings is 1. The van der Waals surface area contributed by atoms with Gasteiger partial charge in [-0.05, 0) is 133 Å². The second-order valence-electron chi connectivity index (χ2n) is 23.4. The van der Waals surface area contributed by atoms with Gasteiger partial charge in [0.2, 0.25) is 0 Å². The van der Waals surface area contributed by atoms with E-state index < -0.39 is 0 Å². The second kappa shape index (κ2) is 18.2. The number of ether oxygens (including phenoxy) is 1. The van der Waals surface area contributed by atoms with E-state index in [1.165, 1.54) is 78.0 Å². The molecule has 0 N–H and O–H groups in total. The summed E-state index contributed by atoms with van der Waals surface area (Å²) in [5.74, 6) is 3.44. The molecule has 0 fully saturated rings. The monoisotopic (exact) mass is 981 g/mol. The summed E-state index contributed by atoms with van der Waals surface area (Å²) < 4.78 is 9.60. The molecule has 374 valence electrons. The average molecular weight is 981 g/mol. The van der Waals surface area contributed by atoms with Crippen molar-refractivity contribution in [2.45, 2.75) is 105 Å². The van der Waals surface area contributed by atoms with Gasteiger partial charge in [0.05, 0.1) is 28.1 Å². The molecule has 0 atom stereocenters. The van der Waals surface area contributed by atoms with Crippen LogP contribution in [0.25, 0.3) is 61.0 Å². The van der Waals surface area contributed by atoms with E-state index in [0.29, 0.717) is 24.4 Å². The highest BCUT2D eigenvalue weighted by Crippen LogP contribution is 2.58. The maximum absolute atomic E-state index is 7.30. The lowest BCUT2D eigenvalue weighted by Gasteiger charge is -2.29. The Morgan fingerprint density at radius 1 is 0.520 bits per heavy atom. The Kier molecular flexibility index (Phi) is 11.7. The Morgan fingerprint density at radius 2 is 1.19 bits per heavy atom. The average Bonchev–Trinajstić information content (AvgIpc) is 4.05. The molecule has 0 saturated heterocycles. The van der Waals surface area contributed by atoms with Crippen LogP contribution in [0.4, 0.5) is 22.7 Å². The van der Waals surface area contributed by atoms with E-state index in [1.54, 1.807) is 0 Å². The number of rotatable bonds is 10. The quantitative estimate of drug-likeness (QED) is 0.137. The van der Waals surface area contributed by atoms with Crippen LogP contribution < -0.4 is 14.5 Å². The first kappa shape index (κ1) is 48.1. The Labute approximate surface area is 444 Å². The highest BCUT2D eigenvalue weighted by atomic mass is 16.5. The van der Waals surface area contributed by atoms with E-state index in [9.17, 15) is 0 Å². The summed E-state index contributed by atoms with van der Waals surface area (Å²) in [6, 6.07) is 65.2. The van der Waals surface area contributed by atoms with E-state index in [-0.39, 0.29) is 10.8 Å². The van der Waals surface area contributed by atoms with Crippen LogP contribution in [0.15, 0.2) is 182 Å². The molecule has 5 heteroatoms. The molecule has 5 nitrogen and oxygen atoms in total. The van der Waals surface area contributed by atoms with Crippen molar-refractivity contribution >= 4 is 44.6 Å². The summed E-state index contributed by atoms with van der Waals surface area (Å²) in [7, 11) is 0. The highest BCUT2D eigenvalue weighted by molar-refractivity contribution is 6.09. The van der Waals surface area contributed by atoms with Gasteiger partial charge in [0.25, 0.3) is 0 Å². The molecule has 0 spiro atoms. The zero-order valence-electron chi connectivity index (χ0n) is 45.5. The van der Waals surface area contributed by atoms with Gasteiger partial charge in [-0.2, -0.15) is 0 Å². The van der Waals surface area contributed by atoms with Crippen molar-refractivity contribution in [2.75, 3.05) is 16.5 Å². The maximum atomic E-state index is 7.30. The predicted octanol–water partition coefficient (Wildman–Crippen LogP) is 19.5. The zero-order chi connectivity index (χ0) is 52.1. The molecule has 0 unspecified atom stereocenters. The lowest BCUT2D eigenvalue weighted by atomic mass is 9.81. The molecule has 0 radical (unpaired) electrons. The topological polar surface area (TPSA) is 33.5 Å². The van der Waals surface area contributed by atoms with Gasteiger partial charge in [0, 0.05) is 51.3 Å². The molecule has 0 amide bonds. The third kappa shape index (κ3) is 8.10. The van der Waals surface area contributed by atoms with Crippen LogP contribution >= 0.6 is 0 Å². The van der Waals surface area contributed by atoms with Crippen LogP contribution in [0.3, 0.4) is 0 Å². The number of nitrogens with zero attached hydrogens (tertiary/aromatic N) is 4. The predicted molar refractivity (Wildman–Crippen MR) is 317 cm³/mol. The normalized spacial score (nSPS) is 13.9. The highest BCUT2D eigenvalue weighted by Gasteiger charge is 2.41. The van der Waals surface area contributed by atoms with Crippen molar-refractivity contribution < 1.29 is 4.74 Å². The van der Waals surface area contributed by atoms with Crippen molar-refractivity contribution in [3.63, 3.8) is 0 Å². The van der Waals surface area contributed by atoms with Gasteiger partial charge in [-0.15, -0.1) is 0 Å². The maximum Gasteiger partial charge on any atom is 0.137 e. The van der Waals surface area contributed by atoms with E-state index in [0.717, 1.165) is 50.7 Å². The first-order valence-electron chi connectivity index (χ1n) is 27.0. The van der Waals surface area contributed by atoms with Crippen LogP contribution in [0, 0.1) is 0 Å². The van der Waals surface area contributed by atoms with Gasteiger partial charge in [0.15, 0.2) is 0 Å². The molecule has 3 heterocycles. The lowest BCUT2D eigenvalue weighted by molar-refractivity contribution is 0.483. The minimum absolute atomic E-state index is 0.0338. The van der Waals surface area contributed by atoms with Crippen molar-refractivity contribution in [1.82, 2.24) is 9.55 Å². The number of aromatic nitrogens is 2. The Morgan fingerprint density at radius 3 is 1.91 bits per heavy atom. The Balaban J connectivity index is 1.06. The standard InChI is InChI=1S/C70H68N4O/c1-43(2)47-37-57(44(3)4)66(58(38-47)45(5)6)48-35-50(40-52(36-48)75-51-29-30-55-54-23-16-18-26-61(54)74(64(55)41-51)65-39-49(33-34-71-65)69(7,8)9)72-42-73(63-28-20-19-27-62(63)72)68-53(46-21-13-12-14-22-46)31-32-60-67(68)56-24-15-17-25-59(56)70(60,10)11/h12-41,43-45H,42H2,1-11H3. The van der Waals surface area contributed by atoms with Crippen LogP contribution in [0.1, 0.15) is 127 Å². The molecule has 2 aliphatic rings. The van der Waals surface area contributed by atoms with Gasteiger partial charge in [0.1, 0.15) is 24.0 Å². The summed E-state index contributed by atoms with van der Waals surface area (Å²) >= 11 is 0. The van der Waals surface area contributed by atoms with E-state index in [4.69, 9.17) is 9.72 Å². The molecular weight excluding hydrogens is 913 g/mol. The molecule has 2 aromatic heterocycles. The van der Waals surface area contributed by atoms with Crippen molar-refractivity contribution in [3.8, 4) is 50.7 Å². The molecule has 0 saturated carbocycles. The first-order chi connectivity index (χ1) is 36.1.